The van der Waals surface area contributed by atoms with Crippen LogP contribution >= 0.6 is 11.8 Å². The Hall–Kier alpha value is -0.480. The van der Waals surface area contributed by atoms with Crippen LogP contribution in [0.15, 0.2) is 12.3 Å². The zero-order chi connectivity index (χ0) is 11.2. The maximum absolute atomic E-state index is 3.97. The molecule has 0 bridgehead atoms. The van der Waals surface area contributed by atoms with Gasteiger partial charge in [-0.2, -0.15) is 16.9 Å². The maximum Gasteiger partial charge on any atom is 0.0490 e. The van der Waals surface area contributed by atoms with Crippen molar-refractivity contribution >= 4 is 11.8 Å². The monoisotopic (exact) mass is 239 g/mol. The number of hydrogen-bond donors (Lipinski definition) is 2. The van der Waals surface area contributed by atoms with E-state index in [1.165, 1.54) is 37.1 Å². The molecule has 1 aromatic rings. The van der Waals surface area contributed by atoms with E-state index in [2.05, 4.69) is 34.2 Å². The Bertz CT molecular complexity index is 284. The molecule has 1 fully saturated rings. The molecule has 0 amide bonds. The number of aromatic nitrogens is 2. The van der Waals surface area contributed by atoms with Gasteiger partial charge in [0.05, 0.1) is 0 Å². The van der Waals surface area contributed by atoms with Crippen LogP contribution in [0, 0.1) is 0 Å². The summed E-state index contributed by atoms with van der Waals surface area (Å²) in [6.07, 6.45) is 7.29. The summed E-state index contributed by atoms with van der Waals surface area (Å²) in [4.78, 5) is 0. The van der Waals surface area contributed by atoms with Gasteiger partial charge in [0.15, 0.2) is 0 Å². The molecule has 90 valence electrons. The van der Waals surface area contributed by atoms with Crippen LogP contribution in [0.3, 0.4) is 0 Å². The van der Waals surface area contributed by atoms with Gasteiger partial charge in [-0.3, -0.25) is 5.10 Å². The first kappa shape index (κ1) is 12.0. The second-order valence-corrected chi connectivity index (χ2v) is 5.86. The van der Waals surface area contributed by atoms with Crippen molar-refractivity contribution in [1.82, 2.24) is 15.5 Å². The normalized spacial score (nSPS) is 25.8. The molecule has 1 aromatic heterocycles. The van der Waals surface area contributed by atoms with Gasteiger partial charge in [-0.25, -0.2) is 0 Å². The molecule has 4 heteroatoms. The Morgan fingerprint density at radius 2 is 2.38 bits per heavy atom. The molecule has 2 rings (SSSR count). The predicted molar refractivity (Wildman–Crippen MR) is 69.6 cm³/mol. The lowest BCUT2D eigenvalue weighted by Gasteiger charge is -2.31. The number of hydrogen-bond acceptors (Lipinski definition) is 3. The average Bonchev–Trinajstić information content (AvgIpc) is 2.81. The third-order valence-corrected chi connectivity index (χ3v) is 4.52. The first-order valence-electron chi connectivity index (χ1n) is 6.23. The van der Waals surface area contributed by atoms with Crippen molar-refractivity contribution in [1.29, 1.82) is 0 Å². The molecule has 1 aliphatic rings. The van der Waals surface area contributed by atoms with Crippen LogP contribution in [0.5, 0.6) is 0 Å². The Morgan fingerprint density at radius 3 is 3.12 bits per heavy atom. The van der Waals surface area contributed by atoms with E-state index in [0.717, 1.165) is 11.8 Å². The van der Waals surface area contributed by atoms with Crippen molar-refractivity contribution in [2.75, 3.05) is 5.75 Å². The quantitative estimate of drug-likeness (QED) is 0.829. The fourth-order valence-corrected chi connectivity index (χ4v) is 3.59. The highest BCUT2D eigenvalue weighted by molar-refractivity contribution is 7.99. The van der Waals surface area contributed by atoms with Gasteiger partial charge in [-0.15, -0.1) is 0 Å². The van der Waals surface area contributed by atoms with Gasteiger partial charge in [0, 0.05) is 29.7 Å². The van der Waals surface area contributed by atoms with Gasteiger partial charge in [0.25, 0.3) is 0 Å². The lowest BCUT2D eigenvalue weighted by atomic mass is 9.95. The van der Waals surface area contributed by atoms with E-state index >= 15 is 0 Å². The minimum atomic E-state index is 0.682. The molecule has 0 saturated heterocycles. The van der Waals surface area contributed by atoms with Gasteiger partial charge < -0.3 is 5.32 Å². The summed E-state index contributed by atoms with van der Waals surface area (Å²) in [7, 11) is 0. The standard InChI is InChI=1S/C12H21N3S/c1-2-16-12-6-4-3-5-11(12)13-9-10-7-8-14-15-10/h7-8,11-13H,2-6,9H2,1H3,(H,14,15)/t11-,12+/m0/s1. The highest BCUT2D eigenvalue weighted by Crippen LogP contribution is 2.28. The lowest BCUT2D eigenvalue weighted by Crippen LogP contribution is -2.40. The summed E-state index contributed by atoms with van der Waals surface area (Å²) >= 11 is 2.11. The minimum Gasteiger partial charge on any atom is -0.307 e. The molecule has 3 nitrogen and oxygen atoms in total. The zero-order valence-corrected chi connectivity index (χ0v) is 10.7. The van der Waals surface area contributed by atoms with E-state index in [4.69, 9.17) is 0 Å². The molecule has 2 N–H and O–H groups in total. The summed E-state index contributed by atoms with van der Waals surface area (Å²) in [5.74, 6) is 1.23. The molecule has 0 spiro atoms. The summed E-state index contributed by atoms with van der Waals surface area (Å²) in [5.41, 5.74) is 1.19. The van der Waals surface area contributed by atoms with Crippen LogP contribution in [0.25, 0.3) is 0 Å². The summed E-state index contributed by atoms with van der Waals surface area (Å²) in [6, 6.07) is 2.72. The van der Waals surface area contributed by atoms with Gasteiger partial charge in [-0.1, -0.05) is 19.8 Å². The number of nitrogens with zero attached hydrogens (tertiary/aromatic N) is 1. The molecule has 1 aliphatic carbocycles. The van der Waals surface area contributed by atoms with Crippen LogP contribution in [0.4, 0.5) is 0 Å². The van der Waals surface area contributed by atoms with Gasteiger partial charge >= 0.3 is 0 Å². The summed E-state index contributed by atoms with van der Waals surface area (Å²) in [5, 5.41) is 11.4. The Morgan fingerprint density at radius 1 is 1.50 bits per heavy atom. The summed E-state index contributed by atoms with van der Waals surface area (Å²) in [6.45, 7) is 3.18. The van der Waals surface area contributed by atoms with Crippen LogP contribution < -0.4 is 5.32 Å². The van der Waals surface area contributed by atoms with E-state index in [-0.39, 0.29) is 0 Å². The van der Waals surface area contributed by atoms with Gasteiger partial charge in [-0.05, 0) is 24.7 Å². The second kappa shape index (κ2) is 6.30. The van der Waals surface area contributed by atoms with Crippen LogP contribution in [-0.2, 0) is 6.54 Å². The van der Waals surface area contributed by atoms with Gasteiger partial charge in [0.1, 0.15) is 0 Å². The van der Waals surface area contributed by atoms with E-state index in [1.54, 1.807) is 0 Å². The number of H-pyrrole nitrogens is 1. The first-order valence-corrected chi connectivity index (χ1v) is 7.28. The van der Waals surface area contributed by atoms with E-state index in [0.29, 0.717) is 6.04 Å². The first-order chi connectivity index (χ1) is 7.90. The van der Waals surface area contributed by atoms with Gasteiger partial charge in [0.2, 0.25) is 0 Å². The van der Waals surface area contributed by atoms with E-state index in [9.17, 15) is 0 Å². The molecule has 0 unspecified atom stereocenters. The molecule has 0 radical (unpaired) electrons. The second-order valence-electron chi connectivity index (χ2n) is 4.35. The number of rotatable bonds is 5. The molecule has 1 saturated carbocycles. The maximum atomic E-state index is 3.97. The molecule has 16 heavy (non-hydrogen) atoms. The molecule has 0 aliphatic heterocycles. The third kappa shape index (κ3) is 3.25. The molecular weight excluding hydrogens is 218 g/mol. The van der Waals surface area contributed by atoms with Crippen molar-refractivity contribution in [3.05, 3.63) is 18.0 Å². The van der Waals surface area contributed by atoms with E-state index < -0.39 is 0 Å². The molecule has 1 heterocycles. The SMILES string of the molecule is CCS[C@@H]1CCCC[C@@H]1NCc1ccn[nH]1. The minimum absolute atomic E-state index is 0.682. The van der Waals surface area contributed by atoms with Crippen molar-refractivity contribution < 1.29 is 0 Å². The largest absolute Gasteiger partial charge is 0.307 e. The molecule has 0 aromatic carbocycles. The molecular formula is C12H21N3S. The van der Waals surface area contributed by atoms with Crippen molar-refractivity contribution in [3.63, 3.8) is 0 Å². The Balaban J connectivity index is 1.81. The number of aromatic amines is 1. The highest BCUT2D eigenvalue weighted by atomic mass is 32.2. The fraction of sp³-hybridized carbons (Fsp3) is 0.750. The summed E-state index contributed by atoms with van der Waals surface area (Å²) < 4.78 is 0. The Labute approximate surface area is 102 Å². The third-order valence-electron chi connectivity index (χ3n) is 3.20. The van der Waals surface area contributed by atoms with Crippen LogP contribution in [-0.4, -0.2) is 27.2 Å². The lowest BCUT2D eigenvalue weighted by molar-refractivity contribution is 0.381. The highest BCUT2D eigenvalue weighted by Gasteiger charge is 2.24. The van der Waals surface area contributed by atoms with Crippen LogP contribution in [0.2, 0.25) is 0 Å². The predicted octanol–water partition coefficient (Wildman–Crippen LogP) is 2.56. The molecule has 2 atom stereocenters. The zero-order valence-electron chi connectivity index (χ0n) is 9.91. The number of nitrogens with one attached hydrogen (secondary N) is 2. The van der Waals surface area contributed by atoms with Crippen molar-refractivity contribution in [3.8, 4) is 0 Å². The van der Waals surface area contributed by atoms with Crippen molar-refractivity contribution in [2.24, 2.45) is 0 Å². The fourth-order valence-electron chi connectivity index (χ4n) is 2.37. The average molecular weight is 239 g/mol. The Kier molecular flexibility index (Phi) is 4.72. The smallest absolute Gasteiger partial charge is 0.0490 e. The van der Waals surface area contributed by atoms with Crippen LogP contribution in [0.1, 0.15) is 38.3 Å². The van der Waals surface area contributed by atoms with Crippen molar-refractivity contribution in [2.45, 2.75) is 50.4 Å². The topological polar surface area (TPSA) is 40.7 Å². The number of thioether (sulfide) groups is 1. The van der Waals surface area contributed by atoms with E-state index in [1.807, 2.05) is 12.3 Å².